The molecule has 1 heterocycles. The first kappa shape index (κ1) is 15.8. The molecule has 1 aliphatic rings. The summed E-state index contributed by atoms with van der Waals surface area (Å²) >= 11 is 6.35. The molecular weight excluding hydrogens is 272 g/mol. The lowest BCUT2D eigenvalue weighted by Crippen LogP contribution is -2.44. The average molecular weight is 299 g/mol. The fourth-order valence-electron chi connectivity index (χ4n) is 3.30. The van der Waals surface area contributed by atoms with Crippen molar-refractivity contribution in [3.8, 4) is 0 Å². The lowest BCUT2D eigenvalue weighted by atomic mass is 9.70. The maximum Gasteiger partial charge on any atom is 0.0847 e. The molecule has 4 nitrogen and oxygen atoms in total. The van der Waals surface area contributed by atoms with E-state index in [9.17, 15) is 0 Å². The highest BCUT2D eigenvalue weighted by atomic mass is 35.5. The highest BCUT2D eigenvalue weighted by Crippen LogP contribution is 2.39. The highest BCUT2D eigenvalue weighted by molar-refractivity contribution is 6.31. The Morgan fingerprint density at radius 1 is 1.45 bits per heavy atom. The first-order valence-electron chi connectivity index (χ1n) is 7.48. The first-order chi connectivity index (χ1) is 9.34. The van der Waals surface area contributed by atoms with Crippen LogP contribution in [0.2, 0.25) is 5.02 Å². The lowest BCUT2D eigenvalue weighted by Gasteiger charge is -2.37. The predicted molar refractivity (Wildman–Crippen MR) is 83.5 cm³/mol. The summed E-state index contributed by atoms with van der Waals surface area (Å²) in [5.74, 6) is 6.43. The zero-order valence-corrected chi connectivity index (χ0v) is 13.8. The fourth-order valence-corrected chi connectivity index (χ4v) is 3.53. The number of nitrogens with zero attached hydrogens (tertiary/aromatic N) is 2. The van der Waals surface area contributed by atoms with Crippen LogP contribution in [0.4, 0.5) is 0 Å². The Balaban J connectivity index is 2.06. The van der Waals surface area contributed by atoms with Gasteiger partial charge in [0.05, 0.1) is 16.4 Å². The molecule has 0 saturated heterocycles. The van der Waals surface area contributed by atoms with Crippen molar-refractivity contribution in [2.45, 2.75) is 58.9 Å². The third-order valence-corrected chi connectivity index (χ3v) is 5.33. The summed E-state index contributed by atoms with van der Waals surface area (Å²) in [7, 11) is 1.95. The van der Waals surface area contributed by atoms with Gasteiger partial charge in [0.1, 0.15) is 0 Å². The van der Waals surface area contributed by atoms with Crippen molar-refractivity contribution in [1.82, 2.24) is 15.2 Å². The van der Waals surface area contributed by atoms with Crippen LogP contribution in [0.3, 0.4) is 0 Å². The molecule has 1 saturated carbocycles. The Kier molecular flexibility index (Phi) is 4.77. The number of rotatable bonds is 4. The smallest absolute Gasteiger partial charge is 0.0847 e. The second-order valence-corrected chi connectivity index (χ2v) is 7.33. The Morgan fingerprint density at radius 3 is 2.50 bits per heavy atom. The number of hydrogen-bond donors (Lipinski definition) is 2. The third-order valence-electron chi connectivity index (χ3n) is 4.84. The van der Waals surface area contributed by atoms with Gasteiger partial charge in [0.15, 0.2) is 0 Å². The molecular formula is C15H27ClN4. The van der Waals surface area contributed by atoms with E-state index in [1.165, 1.54) is 25.7 Å². The zero-order valence-electron chi connectivity index (χ0n) is 13.0. The fraction of sp³-hybridized carbons (Fsp3) is 0.800. The van der Waals surface area contributed by atoms with Crippen molar-refractivity contribution in [3.63, 3.8) is 0 Å². The van der Waals surface area contributed by atoms with Crippen LogP contribution in [0.25, 0.3) is 0 Å². The van der Waals surface area contributed by atoms with Crippen molar-refractivity contribution in [3.05, 3.63) is 16.4 Å². The molecule has 0 aliphatic heterocycles. The van der Waals surface area contributed by atoms with E-state index in [4.69, 9.17) is 17.4 Å². The van der Waals surface area contributed by atoms with E-state index in [0.717, 1.165) is 22.8 Å². The Morgan fingerprint density at radius 2 is 2.05 bits per heavy atom. The van der Waals surface area contributed by atoms with Crippen molar-refractivity contribution < 1.29 is 0 Å². The molecule has 3 N–H and O–H groups in total. The van der Waals surface area contributed by atoms with E-state index >= 15 is 0 Å². The molecule has 5 heteroatoms. The molecule has 1 aromatic rings. The number of aryl methyl sites for hydroxylation is 2. The minimum atomic E-state index is 0.276. The normalized spacial score (nSPS) is 21.1. The second-order valence-electron chi connectivity index (χ2n) is 6.95. The van der Waals surface area contributed by atoms with Crippen LogP contribution < -0.4 is 11.3 Å². The summed E-state index contributed by atoms with van der Waals surface area (Å²) < 4.78 is 1.88. The molecule has 0 spiro atoms. The van der Waals surface area contributed by atoms with E-state index in [1.54, 1.807) is 0 Å². The topological polar surface area (TPSA) is 55.9 Å². The Labute approximate surface area is 127 Å². The molecule has 0 amide bonds. The van der Waals surface area contributed by atoms with Gasteiger partial charge in [-0.25, -0.2) is 0 Å². The molecule has 1 fully saturated rings. The van der Waals surface area contributed by atoms with Gasteiger partial charge in [0.25, 0.3) is 0 Å². The zero-order chi connectivity index (χ0) is 14.9. The highest BCUT2D eigenvalue weighted by Gasteiger charge is 2.31. The van der Waals surface area contributed by atoms with Crippen molar-refractivity contribution in [2.75, 3.05) is 0 Å². The minimum absolute atomic E-state index is 0.276. The van der Waals surface area contributed by atoms with Gasteiger partial charge in [-0.15, -0.1) is 0 Å². The van der Waals surface area contributed by atoms with Gasteiger partial charge >= 0.3 is 0 Å². The van der Waals surface area contributed by atoms with E-state index in [1.807, 2.05) is 18.7 Å². The number of nitrogens with one attached hydrogen (secondary N) is 1. The van der Waals surface area contributed by atoms with E-state index in [-0.39, 0.29) is 6.04 Å². The number of aromatic nitrogens is 2. The van der Waals surface area contributed by atoms with Gasteiger partial charge in [0, 0.05) is 19.5 Å². The number of halogens is 1. The second kappa shape index (κ2) is 6.04. The molecule has 0 aromatic carbocycles. The summed E-state index contributed by atoms with van der Waals surface area (Å²) in [6.07, 6.45) is 5.85. The Hall–Kier alpha value is -0.580. The predicted octanol–water partition coefficient (Wildman–Crippen LogP) is 2.97. The van der Waals surface area contributed by atoms with Gasteiger partial charge in [-0.05, 0) is 43.9 Å². The average Bonchev–Trinajstić information content (AvgIpc) is 2.62. The van der Waals surface area contributed by atoms with Gasteiger partial charge in [-0.1, -0.05) is 25.4 Å². The maximum absolute atomic E-state index is 6.35. The van der Waals surface area contributed by atoms with Crippen molar-refractivity contribution in [2.24, 2.45) is 24.2 Å². The summed E-state index contributed by atoms with van der Waals surface area (Å²) in [5, 5.41) is 5.16. The van der Waals surface area contributed by atoms with Crippen LogP contribution in [0.1, 0.15) is 50.9 Å². The van der Waals surface area contributed by atoms with Crippen molar-refractivity contribution in [1.29, 1.82) is 0 Å². The molecule has 1 atom stereocenters. The quantitative estimate of drug-likeness (QED) is 0.664. The molecule has 114 valence electrons. The van der Waals surface area contributed by atoms with Crippen molar-refractivity contribution >= 4 is 11.6 Å². The van der Waals surface area contributed by atoms with E-state index in [2.05, 4.69) is 24.4 Å². The van der Waals surface area contributed by atoms with Crippen LogP contribution in [-0.2, 0) is 13.5 Å². The molecule has 1 aliphatic carbocycles. The van der Waals surface area contributed by atoms with Crippen LogP contribution in [0.15, 0.2) is 0 Å². The summed E-state index contributed by atoms with van der Waals surface area (Å²) in [6, 6.07) is 0.276. The van der Waals surface area contributed by atoms with Gasteiger partial charge in [-0.2, -0.15) is 5.10 Å². The SMILES string of the molecule is Cc1nn(C)c(CC(NN)C2CCC(C)(C)CC2)c1Cl. The van der Waals surface area contributed by atoms with Crippen LogP contribution >= 0.6 is 11.6 Å². The number of nitrogens with two attached hydrogens (primary N) is 1. The van der Waals surface area contributed by atoms with Gasteiger partial charge < -0.3 is 0 Å². The molecule has 1 unspecified atom stereocenters. The maximum atomic E-state index is 6.35. The minimum Gasteiger partial charge on any atom is -0.271 e. The molecule has 2 rings (SSSR count). The molecule has 0 radical (unpaired) electrons. The summed E-state index contributed by atoms with van der Waals surface area (Å²) in [4.78, 5) is 0. The molecule has 20 heavy (non-hydrogen) atoms. The van der Waals surface area contributed by atoms with Gasteiger partial charge in [0.2, 0.25) is 0 Å². The molecule has 0 bridgehead atoms. The van der Waals surface area contributed by atoms with Crippen LogP contribution in [-0.4, -0.2) is 15.8 Å². The molecule has 1 aromatic heterocycles. The largest absolute Gasteiger partial charge is 0.271 e. The third kappa shape index (κ3) is 3.35. The van der Waals surface area contributed by atoms with E-state index < -0.39 is 0 Å². The first-order valence-corrected chi connectivity index (χ1v) is 7.86. The number of hydrazine groups is 1. The van der Waals surface area contributed by atoms with Gasteiger partial charge in [-0.3, -0.25) is 16.0 Å². The lowest BCUT2D eigenvalue weighted by molar-refractivity contribution is 0.160. The monoisotopic (exact) mass is 298 g/mol. The van der Waals surface area contributed by atoms with Crippen LogP contribution in [0.5, 0.6) is 0 Å². The van der Waals surface area contributed by atoms with E-state index in [0.29, 0.717) is 11.3 Å². The standard InChI is InChI=1S/C15H27ClN4/c1-10-14(16)13(20(4)19-10)9-12(18-17)11-5-7-15(2,3)8-6-11/h11-12,18H,5-9,17H2,1-4H3. The Bertz CT molecular complexity index is 457. The number of hydrogen-bond acceptors (Lipinski definition) is 3. The summed E-state index contributed by atoms with van der Waals surface area (Å²) in [6.45, 7) is 6.66. The van der Waals surface area contributed by atoms with Crippen LogP contribution in [0, 0.1) is 18.3 Å². The summed E-state index contributed by atoms with van der Waals surface area (Å²) in [5.41, 5.74) is 5.47.